The lowest BCUT2D eigenvalue weighted by Gasteiger charge is -2.23. The zero-order valence-electron chi connectivity index (χ0n) is 21.9. The van der Waals surface area contributed by atoms with E-state index in [1.54, 1.807) is 6.20 Å². The Balaban J connectivity index is 1.60. The molecule has 38 heavy (non-hydrogen) atoms. The Hall–Kier alpha value is -4.20. The molecule has 200 valence electrons. The zero-order valence-corrected chi connectivity index (χ0v) is 21.9. The number of hydrogen-bond donors (Lipinski definition) is 4. The van der Waals surface area contributed by atoms with Crippen molar-refractivity contribution in [1.29, 1.82) is 0 Å². The van der Waals surface area contributed by atoms with Crippen molar-refractivity contribution in [3.05, 3.63) is 84.6 Å². The summed E-state index contributed by atoms with van der Waals surface area (Å²) < 4.78 is 0. The minimum Gasteiger partial charge on any atom is -0.481 e. The highest BCUT2D eigenvalue weighted by Crippen LogP contribution is 2.24. The van der Waals surface area contributed by atoms with Crippen molar-refractivity contribution in [3.63, 3.8) is 0 Å². The zero-order chi connectivity index (χ0) is 27.3. The molecule has 4 N–H and O–H groups in total. The van der Waals surface area contributed by atoms with Gasteiger partial charge >= 0.3 is 5.97 Å². The van der Waals surface area contributed by atoms with Gasteiger partial charge in [0.25, 0.3) is 0 Å². The number of rotatable bonds is 14. The fourth-order valence-corrected chi connectivity index (χ4v) is 4.18. The van der Waals surface area contributed by atoms with E-state index in [2.05, 4.69) is 20.9 Å². The summed E-state index contributed by atoms with van der Waals surface area (Å²) in [5, 5.41) is 18.4. The number of nitrogens with zero attached hydrogens (tertiary/aromatic N) is 1. The summed E-state index contributed by atoms with van der Waals surface area (Å²) in [6.45, 7) is 3.90. The maximum Gasteiger partial charge on any atom is 0.305 e. The van der Waals surface area contributed by atoms with Crippen LogP contribution in [0.4, 0.5) is 5.82 Å². The molecule has 2 aromatic carbocycles. The van der Waals surface area contributed by atoms with Crippen molar-refractivity contribution >= 4 is 23.6 Å². The lowest BCUT2D eigenvalue weighted by atomic mass is 9.98. The van der Waals surface area contributed by atoms with Crippen molar-refractivity contribution in [2.75, 3.05) is 5.32 Å². The third-order valence-corrected chi connectivity index (χ3v) is 6.21. The maximum atomic E-state index is 13.2. The smallest absolute Gasteiger partial charge is 0.305 e. The van der Waals surface area contributed by atoms with Crippen LogP contribution in [0.15, 0.2) is 79.0 Å². The molecule has 0 aliphatic carbocycles. The Morgan fingerprint density at radius 1 is 0.868 bits per heavy atom. The van der Waals surface area contributed by atoms with Crippen LogP contribution < -0.4 is 16.0 Å². The summed E-state index contributed by atoms with van der Waals surface area (Å²) in [6.07, 6.45) is 3.38. The van der Waals surface area contributed by atoms with E-state index in [9.17, 15) is 19.5 Å². The number of carbonyl (C=O) groups is 3. The second-order valence-electron chi connectivity index (χ2n) is 9.35. The number of carboxylic acid groups (broad SMARTS) is 1. The highest BCUT2D eigenvalue weighted by atomic mass is 16.4. The molecule has 3 unspecified atom stereocenters. The van der Waals surface area contributed by atoms with Crippen LogP contribution in [0.25, 0.3) is 11.1 Å². The quantitative estimate of drug-likeness (QED) is 0.241. The Morgan fingerprint density at radius 3 is 2.18 bits per heavy atom. The van der Waals surface area contributed by atoms with Gasteiger partial charge in [-0.2, -0.15) is 0 Å². The second kappa shape index (κ2) is 14.5. The van der Waals surface area contributed by atoms with E-state index in [4.69, 9.17) is 0 Å². The van der Waals surface area contributed by atoms with Crippen LogP contribution in [0.1, 0.15) is 57.6 Å². The summed E-state index contributed by atoms with van der Waals surface area (Å²) in [7, 11) is 0. The van der Waals surface area contributed by atoms with Crippen molar-refractivity contribution < 1.29 is 19.5 Å². The molecule has 0 bridgehead atoms. The van der Waals surface area contributed by atoms with E-state index >= 15 is 0 Å². The molecular formula is C30H36N4O4. The van der Waals surface area contributed by atoms with Crippen LogP contribution in [0.2, 0.25) is 0 Å². The number of aromatic nitrogens is 1. The SMILES string of the molecule is CCCC(NC(=O)CCC(C)Nc1ccccn1)C(=O)NC(CC(=O)O)c1ccc(-c2ccccc2)cc1. The molecule has 8 nitrogen and oxygen atoms in total. The Bertz CT molecular complexity index is 1170. The number of amides is 2. The van der Waals surface area contributed by atoms with Gasteiger partial charge < -0.3 is 21.1 Å². The van der Waals surface area contributed by atoms with E-state index in [1.807, 2.05) is 86.6 Å². The topological polar surface area (TPSA) is 120 Å². The van der Waals surface area contributed by atoms with Crippen LogP contribution in [-0.2, 0) is 14.4 Å². The number of carboxylic acids is 1. The summed E-state index contributed by atoms with van der Waals surface area (Å²) >= 11 is 0. The van der Waals surface area contributed by atoms with Gasteiger partial charge in [0.15, 0.2) is 0 Å². The van der Waals surface area contributed by atoms with E-state index < -0.39 is 24.0 Å². The number of hydrogen-bond acceptors (Lipinski definition) is 5. The van der Waals surface area contributed by atoms with E-state index in [0.29, 0.717) is 24.8 Å². The van der Waals surface area contributed by atoms with Crippen molar-refractivity contribution in [2.24, 2.45) is 0 Å². The third-order valence-electron chi connectivity index (χ3n) is 6.21. The molecule has 1 heterocycles. The second-order valence-corrected chi connectivity index (χ2v) is 9.35. The average Bonchev–Trinajstić information content (AvgIpc) is 2.92. The highest BCUT2D eigenvalue weighted by molar-refractivity contribution is 5.88. The number of pyridine rings is 1. The molecule has 0 saturated carbocycles. The van der Waals surface area contributed by atoms with Gasteiger partial charge in [-0.1, -0.05) is 74.0 Å². The molecule has 3 aromatic rings. The molecule has 0 aliphatic heterocycles. The summed E-state index contributed by atoms with van der Waals surface area (Å²) in [6, 6.07) is 21.5. The van der Waals surface area contributed by atoms with Crippen LogP contribution in [0, 0.1) is 0 Å². The van der Waals surface area contributed by atoms with Gasteiger partial charge in [-0.15, -0.1) is 0 Å². The van der Waals surface area contributed by atoms with E-state index in [-0.39, 0.29) is 24.8 Å². The third kappa shape index (κ3) is 9.03. The van der Waals surface area contributed by atoms with Gasteiger partial charge in [-0.05, 0) is 48.6 Å². The number of nitrogens with one attached hydrogen (secondary N) is 3. The van der Waals surface area contributed by atoms with Gasteiger partial charge in [0.1, 0.15) is 11.9 Å². The first kappa shape index (κ1) is 28.4. The molecule has 8 heteroatoms. The van der Waals surface area contributed by atoms with Crippen LogP contribution >= 0.6 is 0 Å². The summed E-state index contributed by atoms with van der Waals surface area (Å²) in [5.74, 6) is -0.897. The number of aliphatic carboxylic acids is 1. The van der Waals surface area contributed by atoms with Crippen LogP contribution in [-0.4, -0.2) is 40.0 Å². The lowest BCUT2D eigenvalue weighted by molar-refractivity contribution is -0.138. The fourth-order valence-electron chi connectivity index (χ4n) is 4.18. The minimum atomic E-state index is -1.02. The van der Waals surface area contributed by atoms with Gasteiger partial charge in [-0.25, -0.2) is 4.98 Å². The lowest BCUT2D eigenvalue weighted by Crippen LogP contribution is -2.48. The normalized spacial score (nSPS) is 13.1. The van der Waals surface area contributed by atoms with Gasteiger partial charge in [0.05, 0.1) is 12.5 Å². The van der Waals surface area contributed by atoms with Gasteiger partial charge in [0, 0.05) is 18.7 Å². The molecule has 3 atom stereocenters. The summed E-state index contributed by atoms with van der Waals surface area (Å²) in [4.78, 5) is 41.6. The maximum absolute atomic E-state index is 13.2. The molecule has 3 rings (SSSR count). The Labute approximate surface area is 223 Å². The monoisotopic (exact) mass is 516 g/mol. The number of benzene rings is 2. The van der Waals surface area contributed by atoms with Gasteiger partial charge in [0.2, 0.25) is 11.8 Å². The van der Waals surface area contributed by atoms with Crippen molar-refractivity contribution in [2.45, 2.75) is 64.1 Å². The summed E-state index contributed by atoms with van der Waals surface area (Å²) in [5.41, 5.74) is 2.74. The van der Waals surface area contributed by atoms with Crippen molar-refractivity contribution in [3.8, 4) is 11.1 Å². The largest absolute Gasteiger partial charge is 0.481 e. The standard InChI is InChI=1S/C30H36N4O4/c1-3-9-25(33-28(35)18-13-21(2)32-27-12-7-8-19-31-27)30(38)34-26(20-29(36)37)24-16-14-23(15-17-24)22-10-5-4-6-11-22/h4-8,10-12,14-17,19,21,25-26H,3,9,13,18,20H2,1-2H3,(H,31,32)(H,33,35)(H,34,38)(H,36,37). The molecule has 0 saturated heterocycles. The molecule has 1 aromatic heterocycles. The first-order valence-electron chi connectivity index (χ1n) is 13.0. The Kier molecular flexibility index (Phi) is 10.8. The predicted molar refractivity (Wildman–Crippen MR) is 148 cm³/mol. The minimum absolute atomic E-state index is 0.0212. The fraction of sp³-hybridized carbons (Fsp3) is 0.333. The molecule has 2 amide bonds. The highest BCUT2D eigenvalue weighted by Gasteiger charge is 2.25. The molecule has 0 radical (unpaired) electrons. The van der Waals surface area contributed by atoms with Gasteiger partial charge in [-0.3, -0.25) is 14.4 Å². The number of carbonyl (C=O) groups excluding carboxylic acids is 2. The predicted octanol–water partition coefficient (Wildman–Crippen LogP) is 4.95. The molecular weight excluding hydrogens is 480 g/mol. The molecule has 0 aliphatic rings. The van der Waals surface area contributed by atoms with E-state index in [0.717, 1.165) is 16.9 Å². The van der Waals surface area contributed by atoms with Crippen molar-refractivity contribution in [1.82, 2.24) is 15.6 Å². The Morgan fingerprint density at radius 2 is 1.55 bits per heavy atom. The van der Waals surface area contributed by atoms with Crippen LogP contribution in [0.3, 0.4) is 0 Å². The van der Waals surface area contributed by atoms with E-state index in [1.165, 1.54) is 0 Å². The first-order valence-corrected chi connectivity index (χ1v) is 13.0. The molecule has 0 fully saturated rings. The van der Waals surface area contributed by atoms with Crippen LogP contribution in [0.5, 0.6) is 0 Å². The number of anilines is 1. The average molecular weight is 517 g/mol. The molecule has 0 spiro atoms. The first-order chi connectivity index (χ1) is 18.4.